The Morgan fingerprint density at radius 1 is 0.958 bits per heavy atom. The van der Waals surface area contributed by atoms with Crippen molar-refractivity contribution >= 4 is 17.6 Å². The minimum Gasteiger partial charge on any atom is -0.497 e. The minimum atomic E-state index is -0.507. The Morgan fingerprint density at radius 2 is 1.67 bits per heavy atom. The van der Waals surface area contributed by atoms with Crippen LogP contribution in [0.3, 0.4) is 0 Å². The third kappa shape index (κ3) is 3.32. The first kappa shape index (κ1) is 15.9. The van der Waals surface area contributed by atoms with E-state index in [-0.39, 0.29) is 5.91 Å². The number of nitrogens with one attached hydrogen (secondary N) is 1. The van der Waals surface area contributed by atoms with Gasteiger partial charge >= 0.3 is 5.97 Å². The van der Waals surface area contributed by atoms with Crippen molar-refractivity contribution in [3.05, 3.63) is 47.5 Å². The Morgan fingerprint density at radius 3 is 2.33 bits per heavy atom. The molecule has 0 bridgehead atoms. The number of ether oxygens (including phenoxy) is 3. The van der Waals surface area contributed by atoms with Crippen molar-refractivity contribution in [2.75, 3.05) is 19.5 Å². The van der Waals surface area contributed by atoms with E-state index in [4.69, 9.17) is 14.2 Å². The van der Waals surface area contributed by atoms with Crippen LogP contribution in [0.15, 0.2) is 36.4 Å². The summed E-state index contributed by atoms with van der Waals surface area (Å²) in [7, 11) is 3.03. The van der Waals surface area contributed by atoms with Crippen molar-refractivity contribution in [3.8, 4) is 17.2 Å². The van der Waals surface area contributed by atoms with Crippen LogP contribution in [0, 0.1) is 0 Å². The Labute approximate surface area is 139 Å². The number of anilines is 1. The number of benzene rings is 2. The van der Waals surface area contributed by atoms with Crippen LogP contribution >= 0.6 is 0 Å². The molecule has 124 valence electrons. The molecule has 1 amide bonds. The maximum absolute atomic E-state index is 12.4. The number of fused-ring (bicyclic) bond motifs is 1. The van der Waals surface area contributed by atoms with E-state index >= 15 is 0 Å². The van der Waals surface area contributed by atoms with Crippen molar-refractivity contribution in [1.82, 2.24) is 0 Å². The fourth-order valence-electron chi connectivity index (χ4n) is 2.51. The topological polar surface area (TPSA) is 73.9 Å². The highest BCUT2D eigenvalue weighted by atomic mass is 16.5. The van der Waals surface area contributed by atoms with E-state index in [9.17, 15) is 9.59 Å². The summed E-state index contributed by atoms with van der Waals surface area (Å²) in [5, 5.41) is 2.79. The molecule has 0 aromatic heterocycles. The average molecular weight is 327 g/mol. The number of hydrogen-bond acceptors (Lipinski definition) is 5. The number of amides is 1. The molecule has 1 aliphatic rings. The van der Waals surface area contributed by atoms with Gasteiger partial charge in [-0.25, -0.2) is 4.79 Å². The maximum Gasteiger partial charge on any atom is 0.343 e. The molecule has 2 aromatic rings. The first-order valence-corrected chi connectivity index (χ1v) is 7.47. The number of esters is 1. The molecule has 0 radical (unpaired) electrons. The normalized spacial score (nSPS) is 12.8. The second-order valence-electron chi connectivity index (χ2n) is 5.36. The molecule has 0 fully saturated rings. The number of rotatable bonds is 4. The molecule has 1 heterocycles. The van der Waals surface area contributed by atoms with Gasteiger partial charge in [0.1, 0.15) is 17.2 Å². The van der Waals surface area contributed by atoms with Crippen LogP contribution in [0.4, 0.5) is 5.69 Å². The molecule has 6 heteroatoms. The average Bonchev–Trinajstić information content (AvgIpc) is 2.61. The van der Waals surface area contributed by atoms with E-state index in [1.807, 2.05) is 0 Å². The third-order valence-corrected chi connectivity index (χ3v) is 3.77. The van der Waals surface area contributed by atoms with E-state index < -0.39 is 5.97 Å². The lowest BCUT2D eigenvalue weighted by molar-refractivity contribution is -0.116. The van der Waals surface area contributed by atoms with Crippen LogP contribution in [-0.4, -0.2) is 26.1 Å². The maximum atomic E-state index is 12.4. The predicted octanol–water partition coefficient (Wildman–Crippen LogP) is 2.81. The van der Waals surface area contributed by atoms with Gasteiger partial charge in [0.05, 0.1) is 19.8 Å². The number of hydrogen-bond donors (Lipinski definition) is 1. The number of aryl methyl sites for hydroxylation is 1. The lowest BCUT2D eigenvalue weighted by atomic mass is 10.0. The van der Waals surface area contributed by atoms with Crippen molar-refractivity contribution in [2.24, 2.45) is 0 Å². The van der Waals surface area contributed by atoms with Gasteiger partial charge in [-0.05, 0) is 42.3 Å². The molecule has 2 aromatic carbocycles. The molecule has 1 N–H and O–H groups in total. The summed E-state index contributed by atoms with van der Waals surface area (Å²) in [6, 6.07) is 10.0. The molecule has 3 rings (SSSR count). The zero-order valence-electron chi connectivity index (χ0n) is 13.4. The predicted molar refractivity (Wildman–Crippen MR) is 87.9 cm³/mol. The monoisotopic (exact) mass is 327 g/mol. The van der Waals surface area contributed by atoms with E-state index in [1.54, 1.807) is 36.4 Å². The molecule has 24 heavy (non-hydrogen) atoms. The lowest BCUT2D eigenvalue weighted by Crippen LogP contribution is -2.19. The smallest absolute Gasteiger partial charge is 0.343 e. The van der Waals surface area contributed by atoms with Crippen molar-refractivity contribution in [1.29, 1.82) is 0 Å². The SMILES string of the molecule is COc1cc(OC)cc(C(=O)Oc2ccc3c(c2)CCC(=O)N3)c1. The summed E-state index contributed by atoms with van der Waals surface area (Å²) in [6.07, 6.45) is 1.05. The van der Waals surface area contributed by atoms with Crippen molar-refractivity contribution < 1.29 is 23.8 Å². The van der Waals surface area contributed by atoms with Crippen LogP contribution in [0.2, 0.25) is 0 Å². The lowest BCUT2D eigenvalue weighted by Gasteiger charge is -2.17. The molecular formula is C18H17NO5. The van der Waals surface area contributed by atoms with Crippen LogP contribution in [0.1, 0.15) is 22.3 Å². The Kier molecular flexibility index (Phi) is 4.37. The summed E-state index contributed by atoms with van der Waals surface area (Å²) in [5.74, 6) is 0.934. The first-order chi connectivity index (χ1) is 11.6. The second-order valence-corrected chi connectivity index (χ2v) is 5.36. The van der Waals surface area contributed by atoms with Crippen LogP contribution in [-0.2, 0) is 11.2 Å². The molecule has 0 atom stereocenters. The zero-order valence-corrected chi connectivity index (χ0v) is 13.4. The summed E-state index contributed by atoms with van der Waals surface area (Å²) >= 11 is 0. The second kappa shape index (κ2) is 6.62. The number of carbonyl (C=O) groups excluding carboxylic acids is 2. The largest absolute Gasteiger partial charge is 0.497 e. The Balaban J connectivity index is 1.81. The van der Waals surface area contributed by atoms with Crippen LogP contribution in [0.5, 0.6) is 17.2 Å². The van der Waals surface area contributed by atoms with Crippen LogP contribution < -0.4 is 19.5 Å². The molecule has 1 aliphatic heterocycles. The summed E-state index contributed by atoms with van der Waals surface area (Å²) < 4.78 is 15.7. The quantitative estimate of drug-likeness (QED) is 0.690. The summed E-state index contributed by atoms with van der Waals surface area (Å²) in [4.78, 5) is 23.7. The first-order valence-electron chi connectivity index (χ1n) is 7.47. The zero-order chi connectivity index (χ0) is 17.1. The van der Waals surface area contributed by atoms with Gasteiger partial charge in [-0.3, -0.25) is 4.79 Å². The van der Waals surface area contributed by atoms with Gasteiger partial charge in [0.15, 0.2) is 0 Å². The van der Waals surface area contributed by atoms with Gasteiger partial charge in [0, 0.05) is 18.2 Å². The van der Waals surface area contributed by atoms with Crippen molar-refractivity contribution in [3.63, 3.8) is 0 Å². The Hall–Kier alpha value is -3.02. The molecule has 0 unspecified atom stereocenters. The van der Waals surface area contributed by atoms with Gasteiger partial charge in [-0.15, -0.1) is 0 Å². The summed E-state index contributed by atoms with van der Waals surface area (Å²) in [6.45, 7) is 0. The van der Waals surface area contributed by atoms with Crippen molar-refractivity contribution in [2.45, 2.75) is 12.8 Å². The van der Waals surface area contributed by atoms with Gasteiger partial charge in [0.2, 0.25) is 5.91 Å². The molecule has 0 aliphatic carbocycles. The molecule has 0 saturated heterocycles. The third-order valence-electron chi connectivity index (χ3n) is 3.77. The van der Waals surface area contributed by atoms with E-state index in [1.165, 1.54) is 14.2 Å². The molecule has 0 saturated carbocycles. The number of methoxy groups -OCH3 is 2. The Bertz CT molecular complexity index is 778. The highest BCUT2D eigenvalue weighted by molar-refractivity contribution is 5.94. The standard InChI is InChI=1S/C18H17NO5/c1-22-14-8-12(9-15(10-14)23-2)18(21)24-13-4-5-16-11(7-13)3-6-17(20)19-16/h4-5,7-10H,3,6H2,1-2H3,(H,19,20). The minimum absolute atomic E-state index is 0.00396. The van der Waals surface area contributed by atoms with Gasteiger partial charge < -0.3 is 19.5 Å². The van der Waals surface area contributed by atoms with E-state index in [0.29, 0.717) is 35.7 Å². The highest BCUT2D eigenvalue weighted by Gasteiger charge is 2.17. The van der Waals surface area contributed by atoms with Crippen LogP contribution in [0.25, 0.3) is 0 Å². The van der Waals surface area contributed by atoms with E-state index in [2.05, 4.69) is 5.32 Å². The summed E-state index contributed by atoms with van der Waals surface area (Å²) in [5.41, 5.74) is 2.04. The molecule has 0 spiro atoms. The molecule has 6 nitrogen and oxygen atoms in total. The van der Waals surface area contributed by atoms with E-state index in [0.717, 1.165) is 11.3 Å². The fourth-order valence-corrected chi connectivity index (χ4v) is 2.51. The van der Waals surface area contributed by atoms with Gasteiger partial charge in [-0.1, -0.05) is 0 Å². The fraction of sp³-hybridized carbons (Fsp3) is 0.222. The number of carbonyl (C=O) groups is 2. The van der Waals surface area contributed by atoms with Gasteiger partial charge in [0.25, 0.3) is 0 Å². The van der Waals surface area contributed by atoms with Gasteiger partial charge in [-0.2, -0.15) is 0 Å². The highest BCUT2D eigenvalue weighted by Crippen LogP contribution is 2.28. The molecular weight excluding hydrogens is 310 g/mol.